The summed E-state index contributed by atoms with van der Waals surface area (Å²) >= 11 is 1.68. The van der Waals surface area contributed by atoms with Crippen LogP contribution in [0.1, 0.15) is 32.2 Å². The van der Waals surface area contributed by atoms with Crippen molar-refractivity contribution in [2.75, 3.05) is 7.11 Å². The molecule has 0 bridgehead atoms. The van der Waals surface area contributed by atoms with Crippen LogP contribution in [0.15, 0.2) is 42.5 Å². The van der Waals surface area contributed by atoms with Crippen molar-refractivity contribution in [3.63, 3.8) is 0 Å². The van der Waals surface area contributed by atoms with Gasteiger partial charge in [0, 0.05) is 12.0 Å². The van der Waals surface area contributed by atoms with Crippen LogP contribution in [0, 0.1) is 13.8 Å². The molecule has 0 aliphatic rings. The molecule has 2 aromatic carbocycles. The SMILES string of the molecule is COc1cccc(Cc2nc(C)c(-c3ccc(C(N)=O)c(C)c3)s2)c1. The third-order valence-electron chi connectivity index (χ3n) is 4.08. The Balaban J connectivity index is 1.90. The molecule has 25 heavy (non-hydrogen) atoms. The molecule has 0 saturated carbocycles. The van der Waals surface area contributed by atoms with Gasteiger partial charge in [-0.2, -0.15) is 0 Å². The fourth-order valence-corrected chi connectivity index (χ4v) is 3.93. The summed E-state index contributed by atoms with van der Waals surface area (Å²) in [6, 6.07) is 13.7. The first-order valence-electron chi connectivity index (χ1n) is 7.98. The molecular formula is C20H20N2O2S. The lowest BCUT2D eigenvalue weighted by atomic mass is 10.0. The molecule has 0 spiro atoms. The number of rotatable bonds is 5. The monoisotopic (exact) mass is 352 g/mol. The minimum absolute atomic E-state index is 0.399. The normalized spacial score (nSPS) is 10.7. The van der Waals surface area contributed by atoms with E-state index in [1.54, 1.807) is 24.5 Å². The summed E-state index contributed by atoms with van der Waals surface area (Å²) in [4.78, 5) is 17.2. The van der Waals surface area contributed by atoms with Crippen molar-refractivity contribution < 1.29 is 9.53 Å². The lowest BCUT2D eigenvalue weighted by Crippen LogP contribution is -2.12. The van der Waals surface area contributed by atoms with E-state index >= 15 is 0 Å². The van der Waals surface area contributed by atoms with Crippen LogP contribution < -0.4 is 10.5 Å². The smallest absolute Gasteiger partial charge is 0.248 e. The van der Waals surface area contributed by atoms with Crippen LogP contribution in [0.5, 0.6) is 5.75 Å². The molecule has 3 aromatic rings. The Morgan fingerprint density at radius 2 is 2.00 bits per heavy atom. The van der Waals surface area contributed by atoms with E-state index in [-0.39, 0.29) is 0 Å². The molecule has 5 heteroatoms. The second-order valence-electron chi connectivity index (χ2n) is 5.94. The zero-order valence-corrected chi connectivity index (χ0v) is 15.3. The van der Waals surface area contributed by atoms with E-state index in [1.165, 1.54) is 5.56 Å². The quantitative estimate of drug-likeness (QED) is 0.751. The highest BCUT2D eigenvalue weighted by atomic mass is 32.1. The molecule has 0 radical (unpaired) electrons. The molecule has 2 N–H and O–H groups in total. The first-order valence-corrected chi connectivity index (χ1v) is 8.79. The van der Waals surface area contributed by atoms with Crippen molar-refractivity contribution >= 4 is 17.2 Å². The van der Waals surface area contributed by atoms with E-state index in [4.69, 9.17) is 15.5 Å². The summed E-state index contributed by atoms with van der Waals surface area (Å²) in [6.07, 6.45) is 0.765. The molecule has 0 saturated heterocycles. The number of thiazole rings is 1. The highest BCUT2D eigenvalue weighted by molar-refractivity contribution is 7.15. The van der Waals surface area contributed by atoms with Crippen molar-refractivity contribution in [3.05, 3.63) is 69.9 Å². The van der Waals surface area contributed by atoms with Crippen LogP contribution in [-0.4, -0.2) is 18.0 Å². The molecule has 4 nitrogen and oxygen atoms in total. The van der Waals surface area contributed by atoms with Gasteiger partial charge in [0.25, 0.3) is 0 Å². The minimum Gasteiger partial charge on any atom is -0.497 e. The predicted octanol–water partition coefficient (Wildman–Crippen LogP) is 4.13. The molecule has 0 fully saturated rings. The zero-order valence-electron chi connectivity index (χ0n) is 14.5. The molecule has 1 heterocycles. The van der Waals surface area contributed by atoms with Gasteiger partial charge in [0.05, 0.1) is 22.7 Å². The van der Waals surface area contributed by atoms with Gasteiger partial charge in [0.1, 0.15) is 5.75 Å². The standard InChI is InChI=1S/C20H20N2O2S/c1-12-9-15(7-8-17(12)20(21)23)19-13(2)22-18(25-19)11-14-5-4-6-16(10-14)24-3/h4-10H,11H2,1-3H3,(H2,21,23). The van der Waals surface area contributed by atoms with Crippen molar-refractivity contribution in [2.24, 2.45) is 5.73 Å². The van der Waals surface area contributed by atoms with E-state index in [1.807, 2.05) is 44.2 Å². The minimum atomic E-state index is -0.399. The van der Waals surface area contributed by atoms with E-state index in [9.17, 15) is 4.79 Å². The molecule has 0 atom stereocenters. The summed E-state index contributed by atoms with van der Waals surface area (Å²) in [5, 5.41) is 1.05. The average Bonchev–Trinajstić information content (AvgIpc) is 2.94. The average molecular weight is 352 g/mol. The van der Waals surface area contributed by atoms with Gasteiger partial charge in [-0.3, -0.25) is 4.79 Å². The number of hydrogen-bond acceptors (Lipinski definition) is 4. The van der Waals surface area contributed by atoms with E-state index < -0.39 is 5.91 Å². The van der Waals surface area contributed by atoms with Crippen molar-refractivity contribution in [1.29, 1.82) is 0 Å². The molecule has 1 amide bonds. The van der Waals surface area contributed by atoms with Gasteiger partial charge in [-0.25, -0.2) is 4.98 Å². The number of hydrogen-bond donors (Lipinski definition) is 1. The van der Waals surface area contributed by atoms with E-state index in [0.29, 0.717) is 5.56 Å². The molecule has 0 aliphatic carbocycles. The van der Waals surface area contributed by atoms with E-state index in [0.717, 1.165) is 38.9 Å². The maximum atomic E-state index is 11.4. The second-order valence-corrected chi connectivity index (χ2v) is 7.03. The Kier molecular flexibility index (Phi) is 4.86. The van der Waals surface area contributed by atoms with Crippen LogP contribution in [0.3, 0.4) is 0 Å². The fraction of sp³-hybridized carbons (Fsp3) is 0.200. The number of ether oxygens (including phenoxy) is 1. The number of amides is 1. The number of nitrogens with zero attached hydrogens (tertiary/aromatic N) is 1. The zero-order chi connectivity index (χ0) is 18.0. The lowest BCUT2D eigenvalue weighted by molar-refractivity contribution is 0.0999. The third-order valence-corrected chi connectivity index (χ3v) is 5.29. The van der Waals surface area contributed by atoms with Gasteiger partial charge in [-0.15, -0.1) is 11.3 Å². The van der Waals surface area contributed by atoms with Crippen LogP contribution in [0.4, 0.5) is 0 Å². The second kappa shape index (κ2) is 7.07. The first-order chi connectivity index (χ1) is 12.0. The van der Waals surface area contributed by atoms with Crippen molar-refractivity contribution in [3.8, 4) is 16.2 Å². The maximum absolute atomic E-state index is 11.4. The number of carbonyl (C=O) groups is 1. The van der Waals surface area contributed by atoms with Crippen LogP contribution in [-0.2, 0) is 6.42 Å². The van der Waals surface area contributed by atoms with E-state index in [2.05, 4.69) is 6.07 Å². The number of aromatic nitrogens is 1. The van der Waals surface area contributed by atoms with Gasteiger partial charge in [0.15, 0.2) is 0 Å². The van der Waals surface area contributed by atoms with Crippen molar-refractivity contribution in [2.45, 2.75) is 20.3 Å². The summed E-state index contributed by atoms with van der Waals surface area (Å²) in [5.74, 6) is 0.451. The van der Waals surface area contributed by atoms with Gasteiger partial charge in [0.2, 0.25) is 5.91 Å². The Morgan fingerprint density at radius 1 is 1.20 bits per heavy atom. The summed E-state index contributed by atoms with van der Waals surface area (Å²) in [6.45, 7) is 3.91. The van der Waals surface area contributed by atoms with Gasteiger partial charge in [-0.05, 0) is 54.8 Å². The largest absolute Gasteiger partial charge is 0.497 e. The van der Waals surface area contributed by atoms with Crippen LogP contribution in [0.25, 0.3) is 10.4 Å². The summed E-state index contributed by atoms with van der Waals surface area (Å²) < 4.78 is 5.28. The number of carbonyl (C=O) groups excluding carboxylic acids is 1. The molecule has 1 aromatic heterocycles. The fourth-order valence-electron chi connectivity index (χ4n) is 2.83. The van der Waals surface area contributed by atoms with Gasteiger partial charge in [-0.1, -0.05) is 18.2 Å². The first kappa shape index (κ1) is 17.2. The van der Waals surface area contributed by atoms with Crippen LogP contribution in [0.2, 0.25) is 0 Å². The summed E-state index contributed by atoms with van der Waals surface area (Å²) in [7, 11) is 1.67. The molecule has 3 rings (SSSR count). The number of methoxy groups -OCH3 is 1. The maximum Gasteiger partial charge on any atom is 0.248 e. The Hall–Kier alpha value is -2.66. The Morgan fingerprint density at radius 3 is 2.68 bits per heavy atom. The van der Waals surface area contributed by atoms with Crippen LogP contribution >= 0.6 is 11.3 Å². The Labute approximate surface area is 151 Å². The summed E-state index contributed by atoms with van der Waals surface area (Å²) in [5.41, 5.74) is 10.1. The molecule has 0 unspecified atom stereocenters. The highest BCUT2D eigenvalue weighted by Gasteiger charge is 2.13. The molecular weight excluding hydrogens is 332 g/mol. The number of benzene rings is 2. The molecule has 0 aliphatic heterocycles. The number of aryl methyl sites for hydroxylation is 2. The number of nitrogens with two attached hydrogens (primary N) is 1. The highest BCUT2D eigenvalue weighted by Crippen LogP contribution is 2.32. The third kappa shape index (κ3) is 3.72. The Bertz CT molecular complexity index is 931. The predicted molar refractivity (Wildman–Crippen MR) is 101 cm³/mol. The van der Waals surface area contributed by atoms with Crippen molar-refractivity contribution in [1.82, 2.24) is 4.98 Å². The number of primary amides is 1. The van der Waals surface area contributed by atoms with Gasteiger partial charge < -0.3 is 10.5 Å². The molecule has 128 valence electrons. The van der Waals surface area contributed by atoms with Gasteiger partial charge >= 0.3 is 0 Å². The lowest BCUT2D eigenvalue weighted by Gasteiger charge is -2.05. The topological polar surface area (TPSA) is 65.2 Å².